The molecule has 9 heteroatoms. The summed E-state index contributed by atoms with van der Waals surface area (Å²) in [5.41, 5.74) is 0.679. The molecule has 25 heavy (non-hydrogen) atoms. The van der Waals surface area contributed by atoms with E-state index in [2.05, 4.69) is 20.9 Å². The average molecular weight is 368 g/mol. The summed E-state index contributed by atoms with van der Waals surface area (Å²) in [7, 11) is -1.29. The first-order valence-corrected chi connectivity index (χ1v) is 9.88. The number of benzene rings is 1. The van der Waals surface area contributed by atoms with Crippen LogP contribution in [0.15, 0.2) is 29.3 Å². The number of amides is 1. The molecule has 1 aromatic rings. The third-order valence-electron chi connectivity index (χ3n) is 3.61. The Labute approximate surface area is 148 Å². The van der Waals surface area contributed by atoms with Crippen LogP contribution >= 0.6 is 0 Å². The zero-order valence-corrected chi connectivity index (χ0v) is 15.2. The van der Waals surface area contributed by atoms with Gasteiger partial charge in [-0.25, -0.2) is 8.42 Å². The average Bonchev–Trinajstić information content (AvgIpc) is 2.89. The molecule has 0 aliphatic carbocycles. The minimum Gasteiger partial charge on any atom is -0.492 e. The lowest BCUT2D eigenvalue weighted by molar-refractivity contribution is -0.114. The van der Waals surface area contributed by atoms with Gasteiger partial charge in [-0.3, -0.25) is 9.79 Å². The van der Waals surface area contributed by atoms with E-state index in [0.29, 0.717) is 37.0 Å². The number of rotatable bonds is 6. The fourth-order valence-corrected chi connectivity index (χ4v) is 4.18. The van der Waals surface area contributed by atoms with Gasteiger partial charge in [0, 0.05) is 31.8 Å². The SMILES string of the molecule is CN=C(NCCOc1cccc(NC(C)=O)c1)NC1CCS(=O)(=O)C1. The second-order valence-corrected chi connectivity index (χ2v) is 8.03. The Morgan fingerprint density at radius 3 is 2.84 bits per heavy atom. The molecule has 1 aromatic carbocycles. The molecule has 2 rings (SSSR count). The maximum Gasteiger partial charge on any atom is 0.221 e. The van der Waals surface area contributed by atoms with Crippen LogP contribution in [-0.2, 0) is 14.6 Å². The van der Waals surface area contributed by atoms with Gasteiger partial charge >= 0.3 is 0 Å². The van der Waals surface area contributed by atoms with Gasteiger partial charge in [0.15, 0.2) is 15.8 Å². The molecular formula is C16H24N4O4S. The molecule has 0 saturated carbocycles. The van der Waals surface area contributed by atoms with Crippen LogP contribution in [0.4, 0.5) is 5.69 Å². The van der Waals surface area contributed by atoms with Crippen LogP contribution in [0.1, 0.15) is 13.3 Å². The molecule has 1 saturated heterocycles. The van der Waals surface area contributed by atoms with Gasteiger partial charge in [0.05, 0.1) is 18.1 Å². The van der Waals surface area contributed by atoms with E-state index in [4.69, 9.17) is 4.74 Å². The molecule has 1 unspecified atom stereocenters. The highest BCUT2D eigenvalue weighted by molar-refractivity contribution is 7.91. The monoisotopic (exact) mass is 368 g/mol. The zero-order chi connectivity index (χ0) is 18.3. The lowest BCUT2D eigenvalue weighted by Gasteiger charge is -2.16. The highest BCUT2D eigenvalue weighted by Gasteiger charge is 2.28. The molecule has 0 radical (unpaired) electrons. The fraction of sp³-hybridized carbons (Fsp3) is 0.500. The molecule has 0 bridgehead atoms. The van der Waals surface area contributed by atoms with E-state index in [1.54, 1.807) is 25.2 Å². The smallest absolute Gasteiger partial charge is 0.221 e. The van der Waals surface area contributed by atoms with Gasteiger partial charge in [-0.05, 0) is 18.6 Å². The van der Waals surface area contributed by atoms with E-state index in [1.807, 2.05) is 6.07 Å². The minimum absolute atomic E-state index is 0.105. The van der Waals surface area contributed by atoms with Gasteiger partial charge < -0.3 is 20.7 Å². The quantitative estimate of drug-likeness (QED) is 0.380. The first-order valence-electron chi connectivity index (χ1n) is 8.06. The number of anilines is 1. The van der Waals surface area contributed by atoms with Crippen molar-refractivity contribution >= 4 is 27.4 Å². The summed E-state index contributed by atoms with van der Waals surface area (Å²) >= 11 is 0. The largest absolute Gasteiger partial charge is 0.492 e. The molecule has 1 fully saturated rings. The number of guanidine groups is 1. The van der Waals surface area contributed by atoms with Crippen LogP contribution in [0.3, 0.4) is 0 Å². The topological polar surface area (TPSA) is 109 Å². The molecule has 3 N–H and O–H groups in total. The Morgan fingerprint density at radius 1 is 1.40 bits per heavy atom. The predicted octanol–water partition coefficient (Wildman–Crippen LogP) is 0.376. The van der Waals surface area contributed by atoms with E-state index in [0.717, 1.165) is 0 Å². The minimum atomic E-state index is -2.92. The zero-order valence-electron chi connectivity index (χ0n) is 14.4. The summed E-state index contributed by atoms with van der Waals surface area (Å²) in [6.45, 7) is 2.35. The Kier molecular flexibility index (Phi) is 6.63. The third-order valence-corrected chi connectivity index (χ3v) is 5.38. The summed E-state index contributed by atoms with van der Waals surface area (Å²) in [4.78, 5) is 15.1. The van der Waals surface area contributed by atoms with Gasteiger partial charge in [0.2, 0.25) is 5.91 Å². The fourth-order valence-electron chi connectivity index (χ4n) is 2.50. The first kappa shape index (κ1) is 19.0. The molecule has 138 valence electrons. The molecule has 1 aliphatic heterocycles. The van der Waals surface area contributed by atoms with Gasteiger partial charge in [-0.15, -0.1) is 0 Å². The summed E-state index contributed by atoms with van der Waals surface area (Å²) in [5, 5.41) is 8.89. The van der Waals surface area contributed by atoms with Crippen LogP contribution in [0.2, 0.25) is 0 Å². The number of nitrogens with zero attached hydrogens (tertiary/aromatic N) is 1. The number of sulfone groups is 1. The van der Waals surface area contributed by atoms with Crippen LogP contribution < -0.4 is 20.7 Å². The number of hydrogen-bond donors (Lipinski definition) is 3. The molecule has 0 aromatic heterocycles. The Hall–Kier alpha value is -2.29. The molecule has 8 nitrogen and oxygen atoms in total. The number of nitrogens with one attached hydrogen (secondary N) is 3. The van der Waals surface area contributed by atoms with Crippen molar-refractivity contribution in [2.45, 2.75) is 19.4 Å². The van der Waals surface area contributed by atoms with Crippen LogP contribution in [0.5, 0.6) is 5.75 Å². The van der Waals surface area contributed by atoms with Crippen molar-refractivity contribution in [3.8, 4) is 5.75 Å². The van der Waals surface area contributed by atoms with Crippen LogP contribution in [-0.4, -0.2) is 58.0 Å². The predicted molar refractivity (Wildman–Crippen MR) is 97.8 cm³/mol. The number of aliphatic imine (C=N–C) groups is 1. The van der Waals surface area contributed by atoms with Crippen molar-refractivity contribution in [3.63, 3.8) is 0 Å². The summed E-state index contributed by atoms with van der Waals surface area (Å²) in [6.07, 6.45) is 0.593. The number of carbonyl (C=O) groups excluding carboxylic acids is 1. The second kappa shape index (κ2) is 8.70. The van der Waals surface area contributed by atoms with E-state index in [-0.39, 0.29) is 23.5 Å². The Bertz CT molecular complexity index is 733. The molecule has 1 atom stereocenters. The van der Waals surface area contributed by atoms with Gasteiger partial charge in [0.1, 0.15) is 12.4 Å². The van der Waals surface area contributed by atoms with Crippen LogP contribution in [0, 0.1) is 0 Å². The standard InChI is InChI=1S/C16H24N4O4S/c1-12(21)19-13-4-3-5-15(10-13)24-8-7-18-16(17-2)20-14-6-9-25(22,23)11-14/h3-5,10,14H,6-9,11H2,1-2H3,(H,19,21)(H2,17,18,20). The van der Waals surface area contributed by atoms with Crippen molar-refractivity contribution < 1.29 is 17.9 Å². The molecular weight excluding hydrogens is 344 g/mol. The van der Waals surface area contributed by atoms with Gasteiger partial charge in [-0.2, -0.15) is 0 Å². The number of ether oxygens (including phenoxy) is 1. The normalized spacial score (nSPS) is 19.3. The second-order valence-electron chi connectivity index (χ2n) is 5.80. The molecule has 0 spiro atoms. The maximum absolute atomic E-state index is 11.5. The third kappa shape index (κ3) is 6.61. The van der Waals surface area contributed by atoms with E-state index in [9.17, 15) is 13.2 Å². The Balaban J connectivity index is 1.73. The summed E-state index contributed by atoms with van der Waals surface area (Å²) < 4.78 is 28.6. The summed E-state index contributed by atoms with van der Waals surface area (Å²) in [6, 6.07) is 7.04. The lowest BCUT2D eigenvalue weighted by atomic mass is 10.3. The van der Waals surface area contributed by atoms with Crippen LogP contribution in [0.25, 0.3) is 0 Å². The van der Waals surface area contributed by atoms with Crippen molar-refractivity contribution in [1.82, 2.24) is 10.6 Å². The molecule has 1 amide bonds. The van der Waals surface area contributed by atoms with Gasteiger partial charge in [-0.1, -0.05) is 6.07 Å². The molecule has 1 aliphatic rings. The van der Waals surface area contributed by atoms with E-state index in [1.165, 1.54) is 6.92 Å². The highest BCUT2D eigenvalue weighted by atomic mass is 32.2. The molecule has 1 heterocycles. The highest BCUT2D eigenvalue weighted by Crippen LogP contribution is 2.17. The first-order chi connectivity index (χ1) is 11.9. The summed E-state index contributed by atoms with van der Waals surface area (Å²) in [5.74, 6) is 1.42. The van der Waals surface area contributed by atoms with Crippen molar-refractivity contribution in [2.24, 2.45) is 4.99 Å². The maximum atomic E-state index is 11.5. The van der Waals surface area contributed by atoms with Crippen molar-refractivity contribution in [3.05, 3.63) is 24.3 Å². The number of hydrogen-bond acceptors (Lipinski definition) is 5. The number of carbonyl (C=O) groups is 1. The van der Waals surface area contributed by atoms with Crippen molar-refractivity contribution in [2.75, 3.05) is 37.0 Å². The Morgan fingerprint density at radius 2 is 2.20 bits per heavy atom. The van der Waals surface area contributed by atoms with Gasteiger partial charge in [0.25, 0.3) is 0 Å². The lowest BCUT2D eigenvalue weighted by Crippen LogP contribution is -2.45. The van der Waals surface area contributed by atoms with Crippen molar-refractivity contribution in [1.29, 1.82) is 0 Å². The van der Waals surface area contributed by atoms with E-state index >= 15 is 0 Å². The van der Waals surface area contributed by atoms with E-state index < -0.39 is 9.84 Å².